The van der Waals surface area contributed by atoms with Crippen LogP contribution in [0.5, 0.6) is 0 Å². The van der Waals surface area contributed by atoms with Crippen LogP contribution in [-0.2, 0) is 6.54 Å². The van der Waals surface area contributed by atoms with E-state index in [0.29, 0.717) is 22.9 Å². The van der Waals surface area contributed by atoms with Gasteiger partial charge in [0.25, 0.3) is 5.91 Å². The molecule has 3 aromatic rings. The average Bonchev–Trinajstić information content (AvgIpc) is 2.63. The first-order chi connectivity index (χ1) is 12.1. The number of anilines is 2. The van der Waals surface area contributed by atoms with E-state index in [-0.39, 0.29) is 5.91 Å². The number of hydrogen-bond acceptors (Lipinski definition) is 3. The Hall–Kier alpha value is -2.85. The number of nitrogens with zero attached hydrogens (tertiary/aromatic N) is 1. The standard InChI is InChI=1S/C20H18ClN3O/c1-14-2-4-15(5-3-14)13-23-18-10-11-22-19(12-18)20(25)24-17-8-6-16(21)7-9-17/h2-12H,13H2,1H3,(H,22,23)(H,24,25). The first-order valence-corrected chi connectivity index (χ1v) is 8.30. The van der Waals surface area contributed by atoms with Crippen LogP contribution in [0.1, 0.15) is 21.6 Å². The van der Waals surface area contributed by atoms with Gasteiger partial charge in [0.1, 0.15) is 5.69 Å². The van der Waals surface area contributed by atoms with Crippen LogP contribution in [0.2, 0.25) is 5.02 Å². The smallest absolute Gasteiger partial charge is 0.274 e. The number of carbonyl (C=O) groups is 1. The van der Waals surface area contributed by atoms with Crippen molar-refractivity contribution in [2.75, 3.05) is 10.6 Å². The highest BCUT2D eigenvalue weighted by Crippen LogP contribution is 2.15. The predicted molar refractivity (Wildman–Crippen MR) is 102 cm³/mol. The van der Waals surface area contributed by atoms with E-state index in [1.165, 1.54) is 11.1 Å². The minimum absolute atomic E-state index is 0.263. The normalized spacial score (nSPS) is 10.3. The average molecular weight is 352 g/mol. The SMILES string of the molecule is Cc1ccc(CNc2ccnc(C(=O)Nc3ccc(Cl)cc3)c2)cc1. The van der Waals surface area contributed by atoms with Crippen LogP contribution >= 0.6 is 11.6 Å². The van der Waals surface area contributed by atoms with Crippen molar-refractivity contribution in [3.8, 4) is 0 Å². The number of hydrogen-bond donors (Lipinski definition) is 2. The van der Waals surface area contributed by atoms with Gasteiger partial charge in [-0.05, 0) is 48.9 Å². The van der Waals surface area contributed by atoms with E-state index < -0.39 is 0 Å². The van der Waals surface area contributed by atoms with Crippen LogP contribution in [0.3, 0.4) is 0 Å². The zero-order valence-corrected chi connectivity index (χ0v) is 14.5. The van der Waals surface area contributed by atoms with Crippen molar-refractivity contribution in [3.05, 3.63) is 88.7 Å². The molecule has 0 spiro atoms. The van der Waals surface area contributed by atoms with Gasteiger partial charge < -0.3 is 10.6 Å². The van der Waals surface area contributed by atoms with E-state index in [4.69, 9.17) is 11.6 Å². The lowest BCUT2D eigenvalue weighted by Crippen LogP contribution is -2.14. The molecule has 4 nitrogen and oxygen atoms in total. The van der Waals surface area contributed by atoms with Crippen LogP contribution in [-0.4, -0.2) is 10.9 Å². The number of amides is 1. The maximum absolute atomic E-state index is 12.3. The first kappa shape index (κ1) is 17.0. The lowest BCUT2D eigenvalue weighted by molar-refractivity contribution is 0.102. The molecule has 126 valence electrons. The molecule has 0 radical (unpaired) electrons. The van der Waals surface area contributed by atoms with Crippen molar-refractivity contribution in [1.82, 2.24) is 4.98 Å². The van der Waals surface area contributed by atoms with E-state index in [9.17, 15) is 4.79 Å². The number of rotatable bonds is 5. The van der Waals surface area contributed by atoms with Gasteiger partial charge >= 0.3 is 0 Å². The number of aryl methyl sites for hydroxylation is 1. The summed E-state index contributed by atoms with van der Waals surface area (Å²) in [6, 6.07) is 18.8. The zero-order valence-electron chi connectivity index (χ0n) is 13.8. The minimum atomic E-state index is -0.263. The van der Waals surface area contributed by atoms with E-state index in [2.05, 4.69) is 46.8 Å². The number of carbonyl (C=O) groups excluding carboxylic acids is 1. The molecule has 0 bridgehead atoms. The highest BCUT2D eigenvalue weighted by Gasteiger charge is 2.08. The Morgan fingerprint density at radius 3 is 2.44 bits per heavy atom. The largest absolute Gasteiger partial charge is 0.381 e. The first-order valence-electron chi connectivity index (χ1n) is 7.92. The number of nitrogens with one attached hydrogen (secondary N) is 2. The second kappa shape index (κ2) is 7.81. The Balaban J connectivity index is 1.64. The lowest BCUT2D eigenvalue weighted by Gasteiger charge is -2.09. The molecule has 3 rings (SSSR count). The van der Waals surface area contributed by atoms with Gasteiger partial charge in [-0.3, -0.25) is 9.78 Å². The third-order valence-electron chi connectivity index (χ3n) is 3.71. The maximum atomic E-state index is 12.3. The molecule has 5 heteroatoms. The van der Waals surface area contributed by atoms with Crippen molar-refractivity contribution in [1.29, 1.82) is 0 Å². The molecule has 0 atom stereocenters. The fraction of sp³-hybridized carbons (Fsp3) is 0.100. The van der Waals surface area contributed by atoms with Gasteiger partial charge in [0.15, 0.2) is 0 Å². The number of halogens is 1. The summed E-state index contributed by atoms with van der Waals surface area (Å²) in [5.74, 6) is -0.263. The maximum Gasteiger partial charge on any atom is 0.274 e. The molecule has 2 aromatic carbocycles. The Bertz CT molecular complexity index is 861. The summed E-state index contributed by atoms with van der Waals surface area (Å²) in [7, 11) is 0. The Morgan fingerprint density at radius 2 is 1.72 bits per heavy atom. The monoisotopic (exact) mass is 351 g/mol. The van der Waals surface area contributed by atoms with Crippen molar-refractivity contribution >= 4 is 28.9 Å². The predicted octanol–water partition coefficient (Wildman–Crippen LogP) is 4.91. The molecule has 0 aliphatic carbocycles. The van der Waals surface area contributed by atoms with Gasteiger partial charge in [-0.1, -0.05) is 41.4 Å². The highest BCUT2D eigenvalue weighted by molar-refractivity contribution is 6.30. The molecule has 0 aliphatic heterocycles. The van der Waals surface area contributed by atoms with E-state index in [1.807, 2.05) is 6.07 Å². The van der Waals surface area contributed by atoms with Gasteiger partial charge in [-0.25, -0.2) is 0 Å². The molecule has 0 aliphatic rings. The molecule has 25 heavy (non-hydrogen) atoms. The summed E-state index contributed by atoms with van der Waals surface area (Å²) >= 11 is 5.85. The molecule has 1 heterocycles. The van der Waals surface area contributed by atoms with Crippen molar-refractivity contribution in [2.24, 2.45) is 0 Å². The summed E-state index contributed by atoms with van der Waals surface area (Å²) in [5, 5.41) is 6.74. The summed E-state index contributed by atoms with van der Waals surface area (Å²) in [6.45, 7) is 2.74. The molecule has 0 saturated heterocycles. The Labute approximate surface area is 151 Å². The summed E-state index contributed by atoms with van der Waals surface area (Å²) in [4.78, 5) is 16.5. The number of aromatic nitrogens is 1. The summed E-state index contributed by atoms with van der Waals surface area (Å²) in [6.07, 6.45) is 1.62. The third kappa shape index (κ3) is 4.81. The van der Waals surface area contributed by atoms with Gasteiger partial charge in [0.05, 0.1) is 0 Å². The molecule has 0 saturated carbocycles. The van der Waals surface area contributed by atoms with E-state index >= 15 is 0 Å². The molecule has 1 amide bonds. The zero-order chi connectivity index (χ0) is 17.6. The lowest BCUT2D eigenvalue weighted by atomic mass is 10.1. The Kier molecular flexibility index (Phi) is 5.31. The van der Waals surface area contributed by atoms with Crippen LogP contribution < -0.4 is 10.6 Å². The van der Waals surface area contributed by atoms with Crippen LogP contribution in [0.4, 0.5) is 11.4 Å². The van der Waals surface area contributed by atoms with Crippen LogP contribution in [0, 0.1) is 6.92 Å². The quantitative estimate of drug-likeness (QED) is 0.686. The van der Waals surface area contributed by atoms with Crippen LogP contribution in [0.25, 0.3) is 0 Å². The molecule has 1 aromatic heterocycles. The molecule has 2 N–H and O–H groups in total. The van der Waals surface area contributed by atoms with E-state index in [0.717, 1.165) is 5.69 Å². The fourth-order valence-corrected chi connectivity index (χ4v) is 2.43. The van der Waals surface area contributed by atoms with Gasteiger partial charge in [0.2, 0.25) is 0 Å². The molecular weight excluding hydrogens is 334 g/mol. The highest BCUT2D eigenvalue weighted by atomic mass is 35.5. The minimum Gasteiger partial charge on any atom is -0.381 e. The molecule has 0 unspecified atom stereocenters. The van der Waals surface area contributed by atoms with Crippen molar-refractivity contribution in [2.45, 2.75) is 13.5 Å². The van der Waals surface area contributed by atoms with Crippen molar-refractivity contribution < 1.29 is 4.79 Å². The fourth-order valence-electron chi connectivity index (χ4n) is 2.30. The number of pyridine rings is 1. The second-order valence-corrected chi connectivity index (χ2v) is 6.17. The van der Waals surface area contributed by atoms with E-state index in [1.54, 1.807) is 36.5 Å². The van der Waals surface area contributed by atoms with Gasteiger partial charge in [0, 0.05) is 29.1 Å². The topological polar surface area (TPSA) is 54.0 Å². The van der Waals surface area contributed by atoms with Crippen molar-refractivity contribution in [3.63, 3.8) is 0 Å². The third-order valence-corrected chi connectivity index (χ3v) is 3.96. The molecule has 0 fully saturated rings. The summed E-state index contributed by atoms with van der Waals surface area (Å²) < 4.78 is 0. The van der Waals surface area contributed by atoms with Gasteiger partial charge in [-0.2, -0.15) is 0 Å². The Morgan fingerprint density at radius 1 is 1.00 bits per heavy atom. The summed E-state index contributed by atoms with van der Waals surface area (Å²) in [5.41, 5.74) is 4.28. The number of benzene rings is 2. The second-order valence-electron chi connectivity index (χ2n) is 5.73. The van der Waals surface area contributed by atoms with Crippen LogP contribution in [0.15, 0.2) is 66.9 Å². The molecular formula is C20H18ClN3O. The van der Waals surface area contributed by atoms with Gasteiger partial charge in [-0.15, -0.1) is 0 Å².